The van der Waals surface area contributed by atoms with Crippen molar-refractivity contribution in [3.8, 4) is 0 Å². The molecule has 9 heteroatoms. The van der Waals surface area contributed by atoms with Crippen molar-refractivity contribution < 1.29 is 9.59 Å². The van der Waals surface area contributed by atoms with E-state index in [1.807, 2.05) is 19.1 Å². The fourth-order valence-corrected chi connectivity index (χ4v) is 3.48. The molecule has 0 aliphatic rings. The van der Waals surface area contributed by atoms with Gasteiger partial charge in [0, 0.05) is 31.6 Å². The third-order valence-corrected chi connectivity index (χ3v) is 5.47. The minimum atomic E-state index is -0.705. The Morgan fingerprint density at radius 2 is 1.76 bits per heavy atom. The molecule has 1 aromatic carbocycles. The summed E-state index contributed by atoms with van der Waals surface area (Å²) in [6.45, 7) is 10.6. The maximum Gasteiger partial charge on any atom is 0.330 e. The minimum absolute atomic E-state index is 0.0102. The van der Waals surface area contributed by atoms with Gasteiger partial charge in [-0.2, -0.15) is 0 Å². The Morgan fingerprint density at radius 3 is 2.30 bits per heavy atom. The number of nitrogen functional groups attached to an aromatic ring is 1. The van der Waals surface area contributed by atoms with Crippen LogP contribution >= 0.6 is 0 Å². The van der Waals surface area contributed by atoms with Gasteiger partial charge in [0.1, 0.15) is 5.82 Å². The first-order chi connectivity index (χ1) is 15.5. The van der Waals surface area contributed by atoms with Crippen molar-refractivity contribution in [3.63, 3.8) is 0 Å². The Bertz CT molecular complexity index is 1090. The maximum absolute atomic E-state index is 12.8. The lowest BCUT2D eigenvalue weighted by Gasteiger charge is -2.23. The van der Waals surface area contributed by atoms with Crippen molar-refractivity contribution in [1.82, 2.24) is 14.9 Å². The number of nitrogens with zero attached hydrogens (tertiary/aromatic N) is 2. The number of nitrogens with two attached hydrogens (primary N) is 1. The van der Waals surface area contributed by atoms with Crippen molar-refractivity contribution in [2.75, 3.05) is 23.7 Å². The van der Waals surface area contributed by atoms with Crippen LogP contribution in [0, 0.1) is 0 Å². The number of carbonyl (C=O) groups excluding carboxylic acids is 2. The highest BCUT2D eigenvalue weighted by Gasteiger charge is 2.23. The lowest BCUT2D eigenvalue weighted by molar-refractivity contribution is -0.118. The molecule has 0 aliphatic heterocycles. The van der Waals surface area contributed by atoms with E-state index in [0.717, 1.165) is 12.0 Å². The van der Waals surface area contributed by atoms with Gasteiger partial charge < -0.3 is 16.0 Å². The predicted octanol–water partition coefficient (Wildman–Crippen LogP) is 2.39. The summed E-state index contributed by atoms with van der Waals surface area (Å²) in [5.41, 5.74) is 6.39. The third kappa shape index (κ3) is 6.34. The number of carbonyl (C=O) groups is 2. The molecule has 1 heterocycles. The Balaban J connectivity index is 2.09. The molecule has 0 bridgehead atoms. The van der Waals surface area contributed by atoms with Gasteiger partial charge in [0.05, 0.1) is 0 Å². The molecule has 33 heavy (non-hydrogen) atoms. The average molecular weight is 458 g/mol. The van der Waals surface area contributed by atoms with Crippen molar-refractivity contribution in [3.05, 3.63) is 56.2 Å². The highest BCUT2D eigenvalue weighted by molar-refractivity contribution is 5.97. The molecule has 0 saturated carbocycles. The number of anilines is 2. The van der Waals surface area contributed by atoms with Gasteiger partial charge in [-0.15, -0.1) is 0 Å². The predicted molar refractivity (Wildman–Crippen MR) is 131 cm³/mol. The summed E-state index contributed by atoms with van der Waals surface area (Å²) in [6, 6.07) is 7.36. The number of benzene rings is 1. The monoisotopic (exact) mass is 457 g/mol. The molecule has 2 rings (SSSR count). The van der Waals surface area contributed by atoms with E-state index in [1.54, 1.807) is 19.1 Å². The second kappa shape index (κ2) is 11.0. The second-order valence-corrected chi connectivity index (χ2v) is 8.97. The number of amides is 2. The van der Waals surface area contributed by atoms with Crippen LogP contribution in [0.25, 0.3) is 0 Å². The zero-order valence-electron chi connectivity index (χ0n) is 20.2. The van der Waals surface area contributed by atoms with Crippen molar-refractivity contribution >= 4 is 23.3 Å². The molecule has 2 aromatic rings. The molecule has 0 fully saturated rings. The molecule has 0 radical (unpaired) electrons. The van der Waals surface area contributed by atoms with Crippen LogP contribution in [0.15, 0.2) is 33.9 Å². The SMILES string of the molecule is CCCCn1c(N)c(N(CC)C(=O)CCNC(=O)c2ccc(C(C)(C)C)cc2)c(=O)[nH]c1=O. The lowest BCUT2D eigenvalue weighted by atomic mass is 9.87. The van der Waals surface area contributed by atoms with Crippen LogP contribution in [0.2, 0.25) is 0 Å². The van der Waals surface area contributed by atoms with Gasteiger partial charge >= 0.3 is 5.69 Å². The first kappa shape index (κ1) is 25.9. The van der Waals surface area contributed by atoms with Crippen molar-refractivity contribution in [1.29, 1.82) is 0 Å². The fraction of sp³-hybridized carbons (Fsp3) is 0.500. The van der Waals surface area contributed by atoms with Crippen LogP contribution in [0.1, 0.15) is 69.8 Å². The standard InChI is InChI=1S/C24H35N5O4/c1-6-8-15-29-20(25)19(22(32)27-23(29)33)28(7-2)18(30)13-14-26-21(31)16-9-11-17(12-10-16)24(3,4)5/h9-12H,6-8,13-15,25H2,1-5H3,(H,26,31)(H,27,32,33). The number of unbranched alkanes of at least 4 members (excludes halogenated alkanes) is 1. The summed E-state index contributed by atoms with van der Waals surface area (Å²) >= 11 is 0. The largest absolute Gasteiger partial charge is 0.383 e. The Morgan fingerprint density at radius 1 is 1.12 bits per heavy atom. The van der Waals surface area contributed by atoms with E-state index >= 15 is 0 Å². The highest BCUT2D eigenvalue weighted by Crippen LogP contribution is 2.22. The second-order valence-electron chi connectivity index (χ2n) is 8.97. The summed E-state index contributed by atoms with van der Waals surface area (Å²) in [4.78, 5) is 53.4. The third-order valence-electron chi connectivity index (χ3n) is 5.47. The summed E-state index contributed by atoms with van der Waals surface area (Å²) in [6.07, 6.45) is 1.53. The zero-order chi connectivity index (χ0) is 24.8. The van der Waals surface area contributed by atoms with Gasteiger partial charge in [0.15, 0.2) is 5.69 Å². The summed E-state index contributed by atoms with van der Waals surface area (Å²) in [7, 11) is 0. The molecule has 2 amide bonds. The zero-order valence-corrected chi connectivity index (χ0v) is 20.2. The Hall–Kier alpha value is -3.36. The minimum Gasteiger partial charge on any atom is -0.383 e. The summed E-state index contributed by atoms with van der Waals surface area (Å²) in [5.74, 6) is -0.689. The number of hydrogen-bond acceptors (Lipinski definition) is 5. The van der Waals surface area contributed by atoms with Crippen LogP contribution in [0.4, 0.5) is 11.5 Å². The maximum atomic E-state index is 12.8. The van der Waals surface area contributed by atoms with Crippen LogP contribution in [0.5, 0.6) is 0 Å². The van der Waals surface area contributed by atoms with E-state index in [2.05, 4.69) is 31.1 Å². The quantitative estimate of drug-likeness (QED) is 0.532. The molecule has 0 atom stereocenters. The van der Waals surface area contributed by atoms with E-state index in [-0.39, 0.29) is 48.2 Å². The van der Waals surface area contributed by atoms with Gasteiger partial charge in [-0.1, -0.05) is 46.2 Å². The van der Waals surface area contributed by atoms with Crippen molar-refractivity contribution in [2.45, 2.75) is 65.8 Å². The van der Waals surface area contributed by atoms with Gasteiger partial charge in [0.25, 0.3) is 11.5 Å². The van der Waals surface area contributed by atoms with E-state index in [4.69, 9.17) is 5.73 Å². The Labute approximate surface area is 194 Å². The van der Waals surface area contributed by atoms with Crippen LogP contribution in [-0.4, -0.2) is 34.5 Å². The molecular formula is C24H35N5O4. The van der Waals surface area contributed by atoms with Gasteiger partial charge in [-0.25, -0.2) is 4.79 Å². The molecule has 0 aliphatic carbocycles. The summed E-state index contributed by atoms with van der Waals surface area (Å²) < 4.78 is 1.28. The number of hydrogen-bond donors (Lipinski definition) is 3. The number of nitrogens with one attached hydrogen (secondary N) is 2. The van der Waals surface area contributed by atoms with Gasteiger partial charge in [-0.05, 0) is 36.5 Å². The van der Waals surface area contributed by atoms with Crippen LogP contribution < -0.4 is 27.2 Å². The smallest absolute Gasteiger partial charge is 0.330 e. The van der Waals surface area contributed by atoms with E-state index in [9.17, 15) is 19.2 Å². The first-order valence-electron chi connectivity index (χ1n) is 11.3. The molecule has 1 aromatic heterocycles. The van der Waals surface area contributed by atoms with Gasteiger partial charge in [0.2, 0.25) is 5.91 Å². The van der Waals surface area contributed by atoms with Crippen LogP contribution in [0.3, 0.4) is 0 Å². The van der Waals surface area contributed by atoms with E-state index < -0.39 is 11.2 Å². The highest BCUT2D eigenvalue weighted by atomic mass is 16.2. The number of H-pyrrole nitrogens is 1. The average Bonchev–Trinajstić information content (AvgIpc) is 2.75. The molecule has 9 nitrogen and oxygen atoms in total. The first-order valence-corrected chi connectivity index (χ1v) is 11.3. The summed E-state index contributed by atoms with van der Waals surface area (Å²) in [5, 5.41) is 2.74. The molecule has 4 N–H and O–H groups in total. The topological polar surface area (TPSA) is 130 Å². The molecule has 0 unspecified atom stereocenters. The van der Waals surface area contributed by atoms with E-state index in [1.165, 1.54) is 9.47 Å². The molecule has 180 valence electrons. The van der Waals surface area contributed by atoms with Crippen molar-refractivity contribution in [2.24, 2.45) is 0 Å². The normalized spacial score (nSPS) is 11.3. The van der Waals surface area contributed by atoms with E-state index in [0.29, 0.717) is 18.5 Å². The fourth-order valence-electron chi connectivity index (χ4n) is 3.48. The molecule has 0 spiro atoms. The number of aromatic amines is 1. The van der Waals surface area contributed by atoms with Crippen LogP contribution in [-0.2, 0) is 16.8 Å². The molecule has 0 saturated heterocycles. The van der Waals surface area contributed by atoms with Gasteiger partial charge in [-0.3, -0.25) is 23.9 Å². The number of rotatable bonds is 9. The number of aromatic nitrogens is 2. The molecular weight excluding hydrogens is 422 g/mol. The lowest BCUT2D eigenvalue weighted by Crippen LogP contribution is -2.42. The Kier molecular flexibility index (Phi) is 8.62.